The molecule has 1 aliphatic rings. The third kappa shape index (κ3) is 3.52. The fourth-order valence-corrected chi connectivity index (χ4v) is 3.56. The monoisotopic (exact) mass is 358 g/mol. The first kappa shape index (κ1) is 17.2. The van der Waals surface area contributed by atoms with E-state index < -0.39 is 0 Å². The molecule has 136 valence electrons. The average Bonchev–Trinajstić information content (AvgIpc) is 3.16. The standard InChI is InChI=1S/C22H22N4O/c1-27-21-14-18(26-11-5-2-6-12-26)10-9-16(21)13-17(15-23)22-24-19-7-3-4-8-20(19)25-22/h3-4,7-10,13-14H,2,5-6,11-12H2,1H3,(H,24,25)/b17-13-. The minimum absolute atomic E-state index is 0.482. The molecule has 3 aromatic rings. The number of methoxy groups -OCH3 is 1. The van der Waals surface area contributed by atoms with Crippen molar-refractivity contribution in [2.24, 2.45) is 0 Å². The number of para-hydroxylation sites is 2. The van der Waals surface area contributed by atoms with Gasteiger partial charge >= 0.3 is 0 Å². The highest BCUT2D eigenvalue weighted by molar-refractivity contribution is 5.91. The van der Waals surface area contributed by atoms with Crippen LogP contribution in [-0.4, -0.2) is 30.2 Å². The van der Waals surface area contributed by atoms with E-state index in [2.05, 4.69) is 33.1 Å². The van der Waals surface area contributed by atoms with Crippen molar-refractivity contribution in [3.63, 3.8) is 0 Å². The molecule has 0 radical (unpaired) electrons. The molecule has 0 saturated carbocycles. The summed E-state index contributed by atoms with van der Waals surface area (Å²) in [6.45, 7) is 2.17. The van der Waals surface area contributed by atoms with Crippen LogP contribution in [0.25, 0.3) is 22.7 Å². The van der Waals surface area contributed by atoms with E-state index in [0.29, 0.717) is 11.4 Å². The van der Waals surface area contributed by atoms with Gasteiger partial charge in [-0.25, -0.2) is 4.98 Å². The van der Waals surface area contributed by atoms with Crippen molar-refractivity contribution in [3.8, 4) is 11.8 Å². The number of fused-ring (bicyclic) bond motifs is 1. The molecule has 2 aromatic carbocycles. The Morgan fingerprint density at radius 1 is 1.19 bits per heavy atom. The number of benzene rings is 2. The first-order chi connectivity index (χ1) is 13.3. The number of nitrogens with zero attached hydrogens (tertiary/aromatic N) is 3. The zero-order chi connectivity index (χ0) is 18.6. The maximum absolute atomic E-state index is 9.66. The Bertz CT molecular complexity index is 989. The molecule has 27 heavy (non-hydrogen) atoms. The number of nitriles is 1. The van der Waals surface area contributed by atoms with Crippen LogP contribution in [0.3, 0.4) is 0 Å². The van der Waals surface area contributed by atoms with E-state index in [-0.39, 0.29) is 0 Å². The van der Waals surface area contributed by atoms with Crippen LogP contribution in [0.4, 0.5) is 5.69 Å². The van der Waals surface area contributed by atoms with Crippen molar-refractivity contribution in [1.29, 1.82) is 5.26 Å². The number of imidazole rings is 1. The van der Waals surface area contributed by atoms with Gasteiger partial charge in [-0.15, -0.1) is 0 Å². The molecule has 0 atom stereocenters. The third-order valence-corrected chi connectivity index (χ3v) is 5.00. The summed E-state index contributed by atoms with van der Waals surface area (Å²) in [6.07, 6.45) is 5.59. The van der Waals surface area contributed by atoms with Crippen molar-refractivity contribution in [2.75, 3.05) is 25.1 Å². The number of H-pyrrole nitrogens is 1. The van der Waals surface area contributed by atoms with Crippen LogP contribution in [0.5, 0.6) is 5.75 Å². The summed E-state index contributed by atoms with van der Waals surface area (Å²) in [4.78, 5) is 10.1. The minimum atomic E-state index is 0.482. The van der Waals surface area contributed by atoms with Gasteiger partial charge in [0.1, 0.15) is 17.6 Å². The number of aromatic amines is 1. The summed E-state index contributed by atoms with van der Waals surface area (Å²) in [5.74, 6) is 1.34. The first-order valence-corrected chi connectivity index (χ1v) is 9.28. The number of ether oxygens (including phenoxy) is 1. The minimum Gasteiger partial charge on any atom is -0.496 e. The lowest BCUT2D eigenvalue weighted by Crippen LogP contribution is -2.29. The van der Waals surface area contributed by atoms with Gasteiger partial charge in [0.25, 0.3) is 0 Å². The number of piperidine rings is 1. The number of anilines is 1. The van der Waals surface area contributed by atoms with Gasteiger partial charge in [0.15, 0.2) is 0 Å². The smallest absolute Gasteiger partial charge is 0.149 e. The summed E-state index contributed by atoms with van der Waals surface area (Å²) in [5, 5.41) is 9.66. The van der Waals surface area contributed by atoms with Crippen molar-refractivity contribution < 1.29 is 4.74 Å². The molecule has 0 bridgehead atoms. The van der Waals surface area contributed by atoms with E-state index in [1.165, 1.54) is 24.9 Å². The summed E-state index contributed by atoms with van der Waals surface area (Å²) in [7, 11) is 1.67. The van der Waals surface area contributed by atoms with Crippen LogP contribution in [0.1, 0.15) is 30.7 Å². The molecule has 5 heteroatoms. The van der Waals surface area contributed by atoms with Crippen molar-refractivity contribution in [2.45, 2.75) is 19.3 Å². The maximum Gasteiger partial charge on any atom is 0.149 e. The summed E-state index contributed by atoms with van der Waals surface area (Å²) in [5.41, 5.74) is 4.29. The first-order valence-electron chi connectivity index (χ1n) is 9.28. The molecule has 0 amide bonds. The maximum atomic E-state index is 9.66. The van der Waals surface area contributed by atoms with E-state index in [4.69, 9.17) is 4.74 Å². The van der Waals surface area contributed by atoms with Gasteiger partial charge < -0.3 is 14.6 Å². The van der Waals surface area contributed by atoms with E-state index in [9.17, 15) is 5.26 Å². The highest BCUT2D eigenvalue weighted by atomic mass is 16.5. The summed E-state index contributed by atoms with van der Waals surface area (Å²) < 4.78 is 5.61. The van der Waals surface area contributed by atoms with Gasteiger partial charge in [-0.05, 0) is 49.6 Å². The van der Waals surface area contributed by atoms with Crippen LogP contribution in [0.15, 0.2) is 42.5 Å². The Hall–Kier alpha value is -3.26. The SMILES string of the molecule is COc1cc(N2CCCCC2)ccc1/C=C(/C#N)c1nc2ccccc2[nH]1. The number of allylic oxidation sites excluding steroid dienone is 1. The number of rotatable bonds is 4. The fraction of sp³-hybridized carbons (Fsp3) is 0.273. The molecule has 0 spiro atoms. The number of nitrogens with one attached hydrogen (secondary N) is 1. The highest BCUT2D eigenvalue weighted by Crippen LogP contribution is 2.30. The second-order valence-electron chi connectivity index (χ2n) is 6.75. The molecule has 0 aliphatic carbocycles. The van der Waals surface area contributed by atoms with Gasteiger partial charge in [0.05, 0.1) is 23.7 Å². The average molecular weight is 358 g/mol. The Morgan fingerprint density at radius 2 is 2.00 bits per heavy atom. The summed E-state index contributed by atoms with van der Waals surface area (Å²) >= 11 is 0. The molecule has 0 unspecified atom stereocenters. The Balaban J connectivity index is 1.69. The zero-order valence-corrected chi connectivity index (χ0v) is 15.4. The lowest BCUT2D eigenvalue weighted by molar-refractivity contribution is 0.413. The van der Waals surface area contributed by atoms with E-state index in [0.717, 1.165) is 35.4 Å². The number of aromatic nitrogens is 2. The van der Waals surface area contributed by atoms with Crippen LogP contribution < -0.4 is 9.64 Å². The van der Waals surface area contributed by atoms with Gasteiger partial charge in [0, 0.05) is 30.4 Å². The van der Waals surface area contributed by atoms with Crippen molar-refractivity contribution >= 4 is 28.4 Å². The fourth-order valence-electron chi connectivity index (χ4n) is 3.56. The van der Waals surface area contributed by atoms with Crippen molar-refractivity contribution in [1.82, 2.24) is 9.97 Å². The van der Waals surface area contributed by atoms with Gasteiger partial charge in [-0.1, -0.05) is 12.1 Å². The summed E-state index contributed by atoms with van der Waals surface area (Å²) in [6, 6.07) is 16.2. The zero-order valence-electron chi connectivity index (χ0n) is 15.4. The Labute approximate surface area is 158 Å². The molecular formula is C22H22N4O. The highest BCUT2D eigenvalue weighted by Gasteiger charge is 2.14. The Kier molecular flexibility index (Phi) is 4.80. The normalized spacial score (nSPS) is 15.0. The van der Waals surface area contributed by atoms with Gasteiger partial charge in [-0.3, -0.25) is 0 Å². The quantitative estimate of drug-likeness (QED) is 0.691. The lowest BCUT2D eigenvalue weighted by Gasteiger charge is -2.29. The van der Waals surface area contributed by atoms with Crippen LogP contribution in [0.2, 0.25) is 0 Å². The molecule has 1 saturated heterocycles. The van der Waals surface area contributed by atoms with Crippen LogP contribution in [-0.2, 0) is 0 Å². The molecular weight excluding hydrogens is 336 g/mol. The number of hydrogen-bond donors (Lipinski definition) is 1. The van der Waals surface area contributed by atoms with Gasteiger partial charge in [-0.2, -0.15) is 5.26 Å². The molecule has 5 nitrogen and oxygen atoms in total. The molecule has 1 N–H and O–H groups in total. The van der Waals surface area contributed by atoms with Gasteiger partial charge in [0.2, 0.25) is 0 Å². The predicted molar refractivity (Wildman–Crippen MR) is 109 cm³/mol. The molecule has 1 fully saturated rings. The molecule has 2 heterocycles. The van der Waals surface area contributed by atoms with Crippen LogP contribution in [0, 0.1) is 11.3 Å². The largest absolute Gasteiger partial charge is 0.496 e. The van der Waals surface area contributed by atoms with E-state index in [1.54, 1.807) is 7.11 Å². The number of hydrogen-bond acceptors (Lipinski definition) is 4. The second-order valence-corrected chi connectivity index (χ2v) is 6.75. The van der Waals surface area contributed by atoms with Crippen molar-refractivity contribution in [3.05, 3.63) is 53.9 Å². The van der Waals surface area contributed by atoms with Crippen LogP contribution >= 0.6 is 0 Å². The molecule has 1 aliphatic heterocycles. The molecule has 1 aromatic heterocycles. The second kappa shape index (κ2) is 7.55. The van der Waals surface area contributed by atoms with E-state index >= 15 is 0 Å². The topological polar surface area (TPSA) is 64.9 Å². The lowest BCUT2D eigenvalue weighted by atomic mass is 10.1. The predicted octanol–water partition coefficient (Wildman–Crippen LogP) is 4.63. The molecule has 4 rings (SSSR count). The third-order valence-electron chi connectivity index (χ3n) is 5.00. The van der Waals surface area contributed by atoms with E-state index in [1.807, 2.05) is 36.4 Å². The Morgan fingerprint density at radius 3 is 2.74 bits per heavy atom.